The first-order chi connectivity index (χ1) is 37.2. The van der Waals surface area contributed by atoms with Gasteiger partial charge >= 0.3 is 0 Å². The van der Waals surface area contributed by atoms with Crippen LogP contribution in [0.2, 0.25) is 10.0 Å². The Bertz CT molecular complexity index is 3820. The molecule has 10 aromatic rings. The van der Waals surface area contributed by atoms with E-state index in [0.717, 1.165) is 90.9 Å². The fourth-order valence-electron chi connectivity index (χ4n) is 9.16. The first kappa shape index (κ1) is 56.4. The molecule has 0 spiro atoms. The molecule has 4 aromatic heterocycles. The number of hydrogen-bond donors (Lipinski definition) is 2. The maximum absolute atomic E-state index is 13.7. The van der Waals surface area contributed by atoms with E-state index in [0.29, 0.717) is 56.4 Å². The number of aromatic hydroxyl groups is 1. The van der Waals surface area contributed by atoms with Crippen LogP contribution in [0, 0.1) is 0 Å². The van der Waals surface area contributed by atoms with Gasteiger partial charge in [0.2, 0.25) is 0 Å². The summed E-state index contributed by atoms with van der Waals surface area (Å²) in [5.74, 6) is 1.01. The zero-order valence-electron chi connectivity index (χ0n) is 43.4. The number of pyridine rings is 2. The van der Waals surface area contributed by atoms with E-state index < -0.39 is 20.0 Å². The van der Waals surface area contributed by atoms with Gasteiger partial charge in [0.05, 0.1) is 37.5 Å². The minimum absolute atomic E-state index is 0.182. The van der Waals surface area contributed by atoms with Gasteiger partial charge in [-0.25, -0.2) is 34.7 Å². The predicted molar refractivity (Wildman–Crippen MR) is 312 cm³/mol. The van der Waals surface area contributed by atoms with Crippen molar-refractivity contribution in [3.05, 3.63) is 180 Å². The summed E-state index contributed by atoms with van der Waals surface area (Å²) in [5, 5.41) is 21.7. The van der Waals surface area contributed by atoms with Crippen LogP contribution < -0.4 is 4.74 Å². The molecule has 400 valence electrons. The summed E-state index contributed by atoms with van der Waals surface area (Å²) in [7, 11) is -7.74. The van der Waals surface area contributed by atoms with E-state index >= 15 is 0 Å². The van der Waals surface area contributed by atoms with Crippen molar-refractivity contribution in [2.24, 2.45) is 0 Å². The smallest absolute Gasteiger partial charge is 0.269 e. The second-order valence-electron chi connectivity index (χ2n) is 18.1. The summed E-state index contributed by atoms with van der Waals surface area (Å²) >= 11 is 12.5. The molecule has 0 bridgehead atoms. The second kappa shape index (κ2) is 25.6. The van der Waals surface area contributed by atoms with Crippen LogP contribution in [-0.2, 0) is 20.0 Å². The number of phenolic OH excluding ortho intramolecular Hbond substituents is 1. The van der Waals surface area contributed by atoms with Crippen LogP contribution in [0.5, 0.6) is 11.5 Å². The number of aliphatic hydroxyl groups excluding tert-OH is 1. The predicted octanol–water partition coefficient (Wildman–Crippen LogP) is 13.0. The van der Waals surface area contributed by atoms with E-state index in [-0.39, 0.29) is 15.5 Å². The second-order valence-corrected chi connectivity index (χ2v) is 22.5. The Balaban J connectivity index is 0.000000179. The Morgan fingerprint density at radius 1 is 0.506 bits per heavy atom. The van der Waals surface area contributed by atoms with Gasteiger partial charge < -0.3 is 24.7 Å². The molecule has 0 radical (unpaired) electrons. The molecule has 0 atom stereocenters. The zero-order valence-corrected chi connectivity index (χ0v) is 46.6. The molecule has 0 amide bonds. The Hall–Kier alpha value is -6.82. The number of fused-ring (bicyclic) bond motifs is 6. The van der Waals surface area contributed by atoms with Crippen molar-refractivity contribution in [3.63, 3.8) is 0 Å². The standard InChI is InChI=1S/C30H30ClN3O3S.C23H15ClN2O3S.C7H17NO/c1-3-33(4-2)17-8-18-37-25-14-11-22(12-15-25)23-13-16-29-27(19-23)28-20-24(31)21-32-30(28)34(29)38(35,36)26-9-6-5-7-10-26;24-17-13-21-20-12-16(15-6-9-18(27)10-7-15)8-11-22(20)26(23(21)25-14-17)30(28,29)19-4-2-1-3-5-19;1-3-8(4-2)6-5-7-9/h5-7,9-16,19-21H,3-4,8,17-18H2,1-2H3;1-14,27H;9H,3-7H2,1-2H3. The largest absolute Gasteiger partial charge is 0.508 e. The van der Waals surface area contributed by atoms with Gasteiger partial charge in [0.25, 0.3) is 20.0 Å². The van der Waals surface area contributed by atoms with Crippen LogP contribution in [0.4, 0.5) is 0 Å². The highest BCUT2D eigenvalue weighted by molar-refractivity contribution is 7.90. The van der Waals surface area contributed by atoms with Crippen LogP contribution in [0.15, 0.2) is 180 Å². The van der Waals surface area contributed by atoms with Crippen LogP contribution in [-0.4, -0.2) is 107 Å². The fraction of sp³-hybridized carbons (Fsp3) is 0.233. The summed E-state index contributed by atoms with van der Waals surface area (Å²) in [6, 6.07) is 46.3. The van der Waals surface area contributed by atoms with Gasteiger partial charge in [0, 0.05) is 53.6 Å². The molecule has 77 heavy (non-hydrogen) atoms. The zero-order chi connectivity index (χ0) is 54.7. The van der Waals surface area contributed by atoms with E-state index in [9.17, 15) is 21.9 Å². The topological polar surface area (TPSA) is 160 Å². The highest BCUT2D eigenvalue weighted by Crippen LogP contribution is 2.38. The monoisotopic (exact) mass is 1110 g/mol. The number of benzene rings is 6. The molecule has 0 aliphatic heterocycles. The molecule has 2 N–H and O–H groups in total. The average Bonchev–Trinajstić information content (AvgIpc) is 3.98. The molecule has 13 nitrogen and oxygen atoms in total. The lowest BCUT2D eigenvalue weighted by Crippen LogP contribution is -2.25. The van der Waals surface area contributed by atoms with Crippen molar-refractivity contribution >= 4 is 87.1 Å². The van der Waals surface area contributed by atoms with Gasteiger partial charge in [-0.15, -0.1) is 0 Å². The van der Waals surface area contributed by atoms with Gasteiger partial charge in [-0.3, -0.25) is 0 Å². The Morgan fingerprint density at radius 3 is 1.32 bits per heavy atom. The summed E-state index contributed by atoms with van der Waals surface area (Å²) < 4.78 is 62.7. The lowest BCUT2D eigenvalue weighted by atomic mass is 10.0. The third-order valence-corrected chi connectivity index (χ3v) is 17.2. The third kappa shape index (κ3) is 12.8. The summed E-state index contributed by atoms with van der Waals surface area (Å²) in [5.41, 5.74) is 5.49. The van der Waals surface area contributed by atoms with Crippen molar-refractivity contribution in [2.45, 2.75) is 50.3 Å². The lowest BCUT2D eigenvalue weighted by Gasteiger charge is -2.17. The van der Waals surface area contributed by atoms with E-state index in [4.69, 9.17) is 33.0 Å². The molecule has 0 aliphatic rings. The van der Waals surface area contributed by atoms with Crippen molar-refractivity contribution in [3.8, 4) is 33.8 Å². The van der Waals surface area contributed by atoms with Gasteiger partial charge in [0.1, 0.15) is 11.5 Å². The number of aromatic nitrogens is 4. The molecule has 0 aliphatic carbocycles. The van der Waals surface area contributed by atoms with Crippen molar-refractivity contribution in [2.75, 3.05) is 52.5 Å². The molecule has 0 fully saturated rings. The summed E-state index contributed by atoms with van der Waals surface area (Å²) in [6.07, 6.45) is 4.80. The number of halogens is 2. The minimum atomic E-state index is -3.87. The Morgan fingerprint density at radius 2 is 0.909 bits per heavy atom. The molecular formula is C60H62Cl2N6O7S2. The average molecular weight is 1110 g/mol. The Labute approximate surface area is 460 Å². The van der Waals surface area contributed by atoms with Gasteiger partial charge in [-0.1, -0.05) is 124 Å². The fourth-order valence-corrected chi connectivity index (χ4v) is 12.5. The lowest BCUT2D eigenvalue weighted by molar-refractivity contribution is 0.236. The maximum atomic E-state index is 13.7. The van der Waals surface area contributed by atoms with E-state index in [1.165, 1.54) is 20.3 Å². The molecule has 10 rings (SSSR count). The van der Waals surface area contributed by atoms with E-state index in [2.05, 4.69) is 47.5 Å². The van der Waals surface area contributed by atoms with Crippen LogP contribution in [0.3, 0.4) is 0 Å². The number of phenols is 1. The molecule has 17 heteroatoms. The first-order valence-electron chi connectivity index (χ1n) is 25.6. The number of rotatable bonds is 18. The van der Waals surface area contributed by atoms with Crippen molar-refractivity contribution < 1.29 is 31.8 Å². The molecule has 0 unspecified atom stereocenters. The molecular weight excluding hydrogens is 1050 g/mol. The third-order valence-electron chi connectivity index (χ3n) is 13.3. The molecule has 6 aromatic carbocycles. The number of aliphatic hydroxyl groups is 1. The van der Waals surface area contributed by atoms with Crippen LogP contribution in [0.25, 0.3) is 66.1 Å². The number of nitrogens with zero attached hydrogens (tertiary/aromatic N) is 6. The SMILES string of the molecule is CCN(CC)CCCO.CCN(CC)CCCOc1ccc(-c2ccc3c(c2)c2cc(Cl)cnc2n3S(=O)(=O)c2ccccc2)cc1.O=S(=O)(c1ccccc1)n1c2ccc(-c3ccc(O)cc3)cc2c2cc(Cl)cnc21. The Kier molecular flexibility index (Phi) is 18.7. The normalized spacial score (nSPS) is 11.8. The van der Waals surface area contributed by atoms with Crippen LogP contribution in [0.1, 0.15) is 40.5 Å². The minimum Gasteiger partial charge on any atom is -0.508 e. The quantitative estimate of drug-likeness (QED) is 0.0787. The molecule has 4 heterocycles. The summed E-state index contributed by atoms with van der Waals surface area (Å²) in [4.78, 5) is 13.8. The first-order valence-corrected chi connectivity index (χ1v) is 29.2. The highest BCUT2D eigenvalue weighted by atomic mass is 35.5. The van der Waals surface area contributed by atoms with Gasteiger partial charge in [-0.2, -0.15) is 0 Å². The van der Waals surface area contributed by atoms with Gasteiger partial charge in [-0.05, 0) is 146 Å². The van der Waals surface area contributed by atoms with Gasteiger partial charge in [0.15, 0.2) is 11.3 Å². The van der Waals surface area contributed by atoms with E-state index in [1.807, 2.05) is 66.7 Å². The van der Waals surface area contributed by atoms with Crippen LogP contribution >= 0.6 is 23.2 Å². The number of hydrogen-bond acceptors (Lipinski definition) is 11. The summed E-state index contributed by atoms with van der Waals surface area (Å²) in [6.45, 7) is 16.0. The van der Waals surface area contributed by atoms with Crippen molar-refractivity contribution in [1.82, 2.24) is 27.7 Å². The van der Waals surface area contributed by atoms with E-state index in [1.54, 1.807) is 91.0 Å². The molecule has 0 saturated carbocycles. The highest BCUT2D eigenvalue weighted by Gasteiger charge is 2.26. The van der Waals surface area contributed by atoms with Crippen molar-refractivity contribution in [1.29, 1.82) is 0 Å². The maximum Gasteiger partial charge on any atom is 0.269 e. The molecule has 0 saturated heterocycles. The number of ether oxygens (including phenoxy) is 1.